The minimum absolute atomic E-state index is 0.102. The van der Waals surface area contributed by atoms with E-state index in [9.17, 15) is 9.59 Å². The molecule has 1 N–H and O–H groups in total. The molecule has 27 heavy (non-hydrogen) atoms. The van der Waals surface area contributed by atoms with Gasteiger partial charge in [-0.05, 0) is 39.8 Å². The minimum atomic E-state index is -0.332. The topological polar surface area (TPSA) is 80.8 Å². The monoisotopic (exact) mass is 391 g/mol. The summed E-state index contributed by atoms with van der Waals surface area (Å²) in [5.41, 5.74) is 1.18. The molecule has 0 bridgehead atoms. The van der Waals surface area contributed by atoms with E-state index in [1.807, 2.05) is 27.7 Å². The lowest BCUT2D eigenvalue weighted by Gasteiger charge is -2.27. The van der Waals surface area contributed by atoms with Crippen molar-refractivity contribution in [1.29, 1.82) is 0 Å². The Hall–Kier alpha value is -2.61. The number of aromatic nitrogens is 1. The maximum absolute atomic E-state index is 13.2. The molecule has 2 rings (SSSR count). The normalized spacial score (nSPS) is 10.6. The summed E-state index contributed by atoms with van der Waals surface area (Å²) < 4.78 is 10.6. The van der Waals surface area contributed by atoms with Crippen LogP contribution in [0.4, 0.5) is 5.13 Å². The molecule has 0 aliphatic rings. The zero-order chi connectivity index (χ0) is 20.1. The average Bonchev–Trinajstić information content (AvgIpc) is 2.95. The van der Waals surface area contributed by atoms with Gasteiger partial charge in [0.1, 0.15) is 23.6 Å². The second kappa shape index (κ2) is 8.85. The van der Waals surface area contributed by atoms with Gasteiger partial charge in [0, 0.05) is 10.9 Å². The van der Waals surface area contributed by atoms with E-state index in [1.165, 1.54) is 30.5 Å². The number of ether oxygens (including phenoxy) is 2. The number of rotatable bonds is 7. The molecule has 0 aliphatic carbocycles. The van der Waals surface area contributed by atoms with Crippen LogP contribution < -0.4 is 14.8 Å². The number of anilines is 1. The van der Waals surface area contributed by atoms with Crippen LogP contribution in [0.5, 0.6) is 11.5 Å². The number of aryl methyl sites for hydroxylation is 2. The van der Waals surface area contributed by atoms with Crippen molar-refractivity contribution in [1.82, 2.24) is 9.88 Å². The predicted molar refractivity (Wildman–Crippen MR) is 106 cm³/mol. The van der Waals surface area contributed by atoms with Crippen LogP contribution in [0.2, 0.25) is 0 Å². The highest BCUT2D eigenvalue weighted by Gasteiger charge is 2.27. The van der Waals surface area contributed by atoms with Gasteiger partial charge in [0.15, 0.2) is 5.13 Å². The fraction of sp³-hybridized carbons (Fsp3) is 0.421. The lowest BCUT2D eigenvalue weighted by Crippen LogP contribution is -2.42. The Morgan fingerprint density at radius 2 is 1.78 bits per heavy atom. The van der Waals surface area contributed by atoms with Crippen molar-refractivity contribution in [3.63, 3.8) is 0 Å². The quantitative estimate of drug-likeness (QED) is 0.783. The van der Waals surface area contributed by atoms with Crippen molar-refractivity contribution in [3.05, 3.63) is 34.3 Å². The predicted octanol–water partition coefficient (Wildman–Crippen LogP) is 3.27. The number of nitrogens with one attached hydrogen (secondary N) is 1. The van der Waals surface area contributed by atoms with Crippen LogP contribution >= 0.6 is 11.3 Å². The smallest absolute Gasteiger partial charge is 0.262 e. The molecule has 2 amide bonds. The van der Waals surface area contributed by atoms with Crippen molar-refractivity contribution in [2.24, 2.45) is 0 Å². The second-order valence-electron chi connectivity index (χ2n) is 6.27. The fourth-order valence-corrected chi connectivity index (χ4v) is 3.37. The summed E-state index contributed by atoms with van der Waals surface area (Å²) in [4.78, 5) is 32.5. The second-order valence-corrected chi connectivity index (χ2v) is 7.48. The first-order valence-electron chi connectivity index (χ1n) is 8.54. The summed E-state index contributed by atoms with van der Waals surface area (Å²) in [6.45, 7) is 7.44. The van der Waals surface area contributed by atoms with E-state index in [-0.39, 0.29) is 24.4 Å². The first-order chi connectivity index (χ1) is 12.8. The first-order valence-corrected chi connectivity index (χ1v) is 9.36. The highest BCUT2D eigenvalue weighted by atomic mass is 32.1. The number of nitrogens with zero attached hydrogens (tertiary/aromatic N) is 2. The van der Waals surface area contributed by atoms with Crippen molar-refractivity contribution < 1.29 is 19.1 Å². The Labute approximate surface area is 163 Å². The van der Waals surface area contributed by atoms with E-state index < -0.39 is 0 Å². The van der Waals surface area contributed by atoms with E-state index in [1.54, 1.807) is 18.2 Å². The summed E-state index contributed by atoms with van der Waals surface area (Å²) in [6, 6.07) is 4.93. The van der Waals surface area contributed by atoms with E-state index in [4.69, 9.17) is 9.47 Å². The molecule has 0 unspecified atom stereocenters. The third-order valence-electron chi connectivity index (χ3n) is 4.11. The number of carbonyl (C=O) groups is 2. The Morgan fingerprint density at radius 3 is 2.22 bits per heavy atom. The Morgan fingerprint density at radius 1 is 1.19 bits per heavy atom. The van der Waals surface area contributed by atoms with Gasteiger partial charge in [0.25, 0.3) is 5.91 Å². The third kappa shape index (κ3) is 4.77. The van der Waals surface area contributed by atoms with Crippen LogP contribution in [0, 0.1) is 13.8 Å². The molecular weight excluding hydrogens is 366 g/mol. The lowest BCUT2D eigenvalue weighted by atomic mass is 10.1. The molecule has 0 spiro atoms. The van der Waals surface area contributed by atoms with Crippen LogP contribution in [-0.2, 0) is 4.79 Å². The van der Waals surface area contributed by atoms with Gasteiger partial charge in [-0.15, -0.1) is 11.3 Å². The molecule has 0 saturated heterocycles. The van der Waals surface area contributed by atoms with Gasteiger partial charge in [-0.2, -0.15) is 0 Å². The van der Waals surface area contributed by atoms with Crippen molar-refractivity contribution in [3.8, 4) is 11.5 Å². The van der Waals surface area contributed by atoms with Gasteiger partial charge in [-0.25, -0.2) is 4.98 Å². The standard InChI is InChI=1S/C19H25N3O4S/c1-11(2)22(10-16(23)21-19-20-12(3)13(4)27-19)18(24)17-14(25-5)8-7-9-15(17)26-6/h7-9,11H,10H2,1-6H3,(H,20,21,23). The molecule has 0 saturated carbocycles. The molecule has 8 heteroatoms. The average molecular weight is 391 g/mol. The number of methoxy groups -OCH3 is 2. The number of hydrogen-bond donors (Lipinski definition) is 1. The molecule has 1 heterocycles. The Bertz CT molecular complexity index is 791. The van der Waals surface area contributed by atoms with Gasteiger partial charge >= 0.3 is 0 Å². The van der Waals surface area contributed by atoms with Crippen molar-refractivity contribution in [2.75, 3.05) is 26.1 Å². The third-order valence-corrected chi connectivity index (χ3v) is 5.10. The largest absolute Gasteiger partial charge is 0.496 e. The molecule has 0 aliphatic heterocycles. The van der Waals surface area contributed by atoms with Crippen LogP contribution in [-0.4, -0.2) is 48.5 Å². The zero-order valence-corrected chi connectivity index (χ0v) is 17.3. The lowest BCUT2D eigenvalue weighted by molar-refractivity contribution is -0.117. The van der Waals surface area contributed by atoms with Gasteiger partial charge in [0.2, 0.25) is 5.91 Å². The van der Waals surface area contributed by atoms with Crippen LogP contribution in [0.1, 0.15) is 34.8 Å². The molecule has 2 aromatic rings. The fourth-order valence-electron chi connectivity index (χ4n) is 2.53. The Balaban J connectivity index is 2.24. The molecule has 7 nitrogen and oxygen atoms in total. The van der Waals surface area contributed by atoms with E-state index in [0.717, 1.165) is 10.6 Å². The van der Waals surface area contributed by atoms with Crippen molar-refractivity contribution >= 4 is 28.3 Å². The van der Waals surface area contributed by atoms with E-state index in [0.29, 0.717) is 22.2 Å². The van der Waals surface area contributed by atoms with Gasteiger partial charge in [0.05, 0.1) is 19.9 Å². The number of carbonyl (C=O) groups excluding carboxylic acids is 2. The highest BCUT2D eigenvalue weighted by molar-refractivity contribution is 7.15. The summed E-state index contributed by atoms with van der Waals surface area (Å²) in [5.74, 6) is 0.161. The summed E-state index contributed by atoms with van der Waals surface area (Å²) in [7, 11) is 2.98. The summed E-state index contributed by atoms with van der Waals surface area (Å²) >= 11 is 1.41. The molecule has 1 aromatic carbocycles. The van der Waals surface area contributed by atoms with Crippen molar-refractivity contribution in [2.45, 2.75) is 33.7 Å². The Kier molecular flexibility index (Phi) is 6.79. The molecule has 1 aromatic heterocycles. The maximum Gasteiger partial charge on any atom is 0.262 e. The first kappa shape index (κ1) is 20.7. The molecule has 0 radical (unpaired) electrons. The maximum atomic E-state index is 13.2. The van der Waals surface area contributed by atoms with Crippen LogP contribution in [0.25, 0.3) is 0 Å². The highest BCUT2D eigenvalue weighted by Crippen LogP contribution is 2.30. The van der Waals surface area contributed by atoms with Crippen LogP contribution in [0.15, 0.2) is 18.2 Å². The summed E-state index contributed by atoms with van der Waals surface area (Å²) in [5, 5.41) is 3.29. The molecule has 0 atom stereocenters. The van der Waals surface area contributed by atoms with Crippen LogP contribution in [0.3, 0.4) is 0 Å². The number of benzene rings is 1. The number of amides is 2. The van der Waals surface area contributed by atoms with E-state index >= 15 is 0 Å². The van der Waals surface area contributed by atoms with Gasteiger partial charge < -0.3 is 19.7 Å². The molecular formula is C19H25N3O4S. The minimum Gasteiger partial charge on any atom is -0.496 e. The van der Waals surface area contributed by atoms with E-state index in [2.05, 4.69) is 10.3 Å². The zero-order valence-electron chi connectivity index (χ0n) is 16.5. The number of thiazole rings is 1. The van der Waals surface area contributed by atoms with Gasteiger partial charge in [-0.3, -0.25) is 9.59 Å². The number of hydrogen-bond acceptors (Lipinski definition) is 6. The van der Waals surface area contributed by atoms with Gasteiger partial charge in [-0.1, -0.05) is 6.07 Å². The SMILES string of the molecule is COc1cccc(OC)c1C(=O)N(CC(=O)Nc1nc(C)c(C)s1)C(C)C. The summed E-state index contributed by atoms with van der Waals surface area (Å²) in [6.07, 6.45) is 0. The molecule has 146 valence electrons. The molecule has 0 fully saturated rings.